The number of benzene rings is 1. The Morgan fingerprint density at radius 1 is 1.41 bits per heavy atom. The second-order valence-electron chi connectivity index (χ2n) is 3.18. The summed E-state index contributed by atoms with van der Waals surface area (Å²) >= 11 is 11.6. The summed E-state index contributed by atoms with van der Waals surface area (Å²) in [6.07, 6.45) is 0.0233. The summed E-state index contributed by atoms with van der Waals surface area (Å²) < 4.78 is 0. The summed E-state index contributed by atoms with van der Waals surface area (Å²) in [5.41, 5.74) is 0.490. The zero-order valence-corrected chi connectivity index (χ0v) is 9.96. The number of carbonyl (C=O) groups is 1. The summed E-state index contributed by atoms with van der Waals surface area (Å²) in [6, 6.07) is 4.81. The first-order chi connectivity index (χ1) is 8.15. The van der Waals surface area contributed by atoms with Crippen LogP contribution in [-0.4, -0.2) is 26.5 Å². The van der Waals surface area contributed by atoms with Crippen molar-refractivity contribution in [2.45, 2.75) is 6.42 Å². The molecule has 17 heavy (non-hydrogen) atoms. The van der Waals surface area contributed by atoms with Crippen LogP contribution in [0.3, 0.4) is 0 Å². The smallest absolute Gasteiger partial charge is 0.232 e. The summed E-state index contributed by atoms with van der Waals surface area (Å²) in [4.78, 5) is 11.6. The molecular weight excluding hydrogens is 265 g/mol. The molecule has 0 aliphatic carbocycles. The van der Waals surface area contributed by atoms with Gasteiger partial charge in [0.2, 0.25) is 5.91 Å². The van der Waals surface area contributed by atoms with Gasteiger partial charge in [-0.15, -0.1) is 10.2 Å². The summed E-state index contributed by atoms with van der Waals surface area (Å²) in [7, 11) is 0. The SMILES string of the molecule is O=C(Cc1nn[nH]n1)Nc1ccc(Cl)cc1Cl. The number of amides is 1. The van der Waals surface area contributed by atoms with Gasteiger partial charge in [0.05, 0.1) is 17.1 Å². The molecule has 1 aromatic heterocycles. The van der Waals surface area contributed by atoms with Crippen LogP contribution in [0.5, 0.6) is 0 Å². The Morgan fingerprint density at radius 2 is 2.24 bits per heavy atom. The average molecular weight is 272 g/mol. The molecule has 0 aliphatic heterocycles. The predicted molar refractivity (Wildman–Crippen MR) is 63.0 cm³/mol. The van der Waals surface area contributed by atoms with E-state index in [1.165, 1.54) is 0 Å². The Morgan fingerprint density at radius 3 is 2.88 bits per heavy atom. The van der Waals surface area contributed by atoms with Gasteiger partial charge in [-0.25, -0.2) is 0 Å². The lowest BCUT2D eigenvalue weighted by molar-refractivity contribution is -0.115. The highest BCUT2D eigenvalue weighted by Gasteiger charge is 2.09. The van der Waals surface area contributed by atoms with E-state index in [1.807, 2.05) is 0 Å². The molecule has 0 bridgehead atoms. The lowest BCUT2D eigenvalue weighted by atomic mass is 10.3. The van der Waals surface area contributed by atoms with Gasteiger partial charge in [0.25, 0.3) is 0 Å². The van der Waals surface area contributed by atoms with Crippen molar-refractivity contribution in [3.63, 3.8) is 0 Å². The number of hydrogen-bond donors (Lipinski definition) is 2. The van der Waals surface area contributed by atoms with E-state index < -0.39 is 0 Å². The molecule has 0 saturated carbocycles. The van der Waals surface area contributed by atoms with Crippen LogP contribution in [0, 0.1) is 0 Å². The number of nitrogens with one attached hydrogen (secondary N) is 2. The standard InChI is InChI=1S/C9H7Cl2N5O/c10-5-1-2-7(6(11)3-5)12-9(17)4-8-13-15-16-14-8/h1-3H,4H2,(H,12,17)(H,13,14,15,16). The number of hydrogen-bond acceptors (Lipinski definition) is 4. The zero-order chi connectivity index (χ0) is 12.3. The fraction of sp³-hybridized carbons (Fsp3) is 0.111. The maximum Gasteiger partial charge on any atom is 0.232 e. The molecule has 0 radical (unpaired) electrons. The molecule has 6 nitrogen and oxygen atoms in total. The first kappa shape index (κ1) is 11.8. The van der Waals surface area contributed by atoms with Crippen LogP contribution in [0.25, 0.3) is 0 Å². The molecule has 8 heteroatoms. The second kappa shape index (κ2) is 5.11. The van der Waals surface area contributed by atoms with Gasteiger partial charge >= 0.3 is 0 Å². The maximum absolute atomic E-state index is 11.6. The van der Waals surface area contributed by atoms with Crippen molar-refractivity contribution in [3.8, 4) is 0 Å². The minimum absolute atomic E-state index is 0.0233. The number of nitrogens with zero attached hydrogens (tertiary/aromatic N) is 3. The minimum Gasteiger partial charge on any atom is -0.324 e. The highest BCUT2D eigenvalue weighted by atomic mass is 35.5. The fourth-order valence-electron chi connectivity index (χ4n) is 1.19. The summed E-state index contributed by atoms with van der Waals surface area (Å²) in [5, 5.41) is 16.5. The Bertz CT molecular complexity index is 528. The molecule has 1 aromatic carbocycles. The molecule has 0 spiro atoms. The first-order valence-electron chi connectivity index (χ1n) is 4.62. The molecular formula is C9H7Cl2N5O. The van der Waals surface area contributed by atoms with Gasteiger partial charge in [-0.3, -0.25) is 4.79 Å². The third-order valence-electron chi connectivity index (χ3n) is 1.91. The van der Waals surface area contributed by atoms with Gasteiger partial charge < -0.3 is 5.32 Å². The number of H-pyrrole nitrogens is 1. The number of aromatic nitrogens is 4. The Kier molecular flexibility index (Phi) is 3.55. The number of tetrazole rings is 1. The monoisotopic (exact) mass is 271 g/mol. The molecule has 0 aliphatic rings. The van der Waals surface area contributed by atoms with Gasteiger partial charge in [0, 0.05) is 5.02 Å². The zero-order valence-electron chi connectivity index (χ0n) is 8.44. The average Bonchev–Trinajstić information content (AvgIpc) is 2.75. The minimum atomic E-state index is -0.282. The molecule has 1 heterocycles. The molecule has 2 N–H and O–H groups in total. The number of anilines is 1. The third kappa shape index (κ3) is 3.15. The quantitative estimate of drug-likeness (QED) is 0.890. The Labute approximate surface area is 106 Å². The van der Waals surface area contributed by atoms with Crippen molar-refractivity contribution < 1.29 is 4.79 Å². The van der Waals surface area contributed by atoms with Crippen LogP contribution in [-0.2, 0) is 11.2 Å². The van der Waals surface area contributed by atoms with Crippen LogP contribution in [0.2, 0.25) is 10.0 Å². The Hall–Kier alpha value is -1.66. The second-order valence-corrected chi connectivity index (χ2v) is 4.02. The van der Waals surface area contributed by atoms with Crippen LogP contribution in [0.1, 0.15) is 5.82 Å². The van der Waals surface area contributed by atoms with E-state index in [-0.39, 0.29) is 12.3 Å². The third-order valence-corrected chi connectivity index (χ3v) is 2.46. The van der Waals surface area contributed by atoms with E-state index in [0.717, 1.165) is 0 Å². The van der Waals surface area contributed by atoms with E-state index >= 15 is 0 Å². The van der Waals surface area contributed by atoms with E-state index in [1.54, 1.807) is 18.2 Å². The summed E-state index contributed by atoms with van der Waals surface area (Å²) in [5.74, 6) is 0.0307. The van der Waals surface area contributed by atoms with Gasteiger partial charge in [-0.2, -0.15) is 5.21 Å². The molecule has 0 fully saturated rings. The molecule has 2 rings (SSSR count). The fourth-order valence-corrected chi connectivity index (χ4v) is 1.64. The Balaban J connectivity index is 2.03. The highest BCUT2D eigenvalue weighted by Crippen LogP contribution is 2.25. The number of carbonyl (C=O) groups excluding carboxylic acids is 1. The van der Waals surface area contributed by atoms with Gasteiger partial charge in [-0.1, -0.05) is 28.4 Å². The van der Waals surface area contributed by atoms with Crippen molar-refractivity contribution in [2.75, 3.05) is 5.32 Å². The van der Waals surface area contributed by atoms with E-state index in [2.05, 4.69) is 25.9 Å². The normalized spacial score (nSPS) is 10.2. The van der Waals surface area contributed by atoms with Gasteiger partial charge in [0.1, 0.15) is 0 Å². The number of aromatic amines is 1. The highest BCUT2D eigenvalue weighted by molar-refractivity contribution is 6.36. The number of halogens is 2. The molecule has 0 atom stereocenters. The first-order valence-corrected chi connectivity index (χ1v) is 5.38. The van der Waals surface area contributed by atoms with Crippen LogP contribution >= 0.6 is 23.2 Å². The van der Waals surface area contributed by atoms with Crippen molar-refractivity contribution >= 4 is 34.8 Å². The molecule has 0 unspecified atom stereocenters. The van der Waals surface area contributed by atoms with E-state index in [0.29, 0.717) is 21.6 Å². The van der Waals surface area contributed by atoms with E-state index in [4.69, 9.17) is 23.2 Å². The van der Waals surface area contributed by atoms with Crippen molar-refractivity contribution in [1.82, 2.24) is 20.6 Å². The summed E-state index contributed by atoms with van der Waals surface area (Å²) in [6.45, 7) is 0. The van der Waals surface area contributed by atoms with E-state index in [9.17, 15) is 4.79 Å². The largest absolute Gasteiger partial charge is 0.324 e. The molecule has 0 saturated heterocycles. The predicted octanol–water partition coefficient (Wildman–Crippen LogP) is 1.69. The molecule has 88 valence electrons. The molecule has 2 aromatic rings. The van der Waals surface area contributed by atoms with Gasteiger partial charge in [0.15, 0.2) is 5.82 Å². The number of rotatable bonds is 3. The lowest BCUT2D eigenvalue weighted by Gasteiger charge is -2.05. The van der Waals surface area contributed by atoms with Crippen molar-refractivity contribution in [1.29, 1.82) is 0 Å². The van der Waals surface area contributed by atoms with Crippen molar-refractivity contribution in [2.24, 2.45) is 0 Å². The molecule has 1 amide bonds. The van der Waals surface area contributed by atoms with Crippen LogP contribution in [0.4, 0.5) is 5.69 Å². The topological polar surface area (TPSA) is 83.6 Å². The lowest BCUT2D eigenvalue weighted by Crippen LogP contribution is -2.15. The maximum atomic E-state index is 11.6. The van der Waals surface area contributed by atoms with Crippen molar-refractivity contribution in [3.05, 3.63) is 34.1 Å². The van der Waals surface area contributed by atoms with Crippen LogP contribution in [0.15, 0.2) is 18.2 Å². The van der Waals surface area contributed by atoms with Crippen LogP contribution < -0.4 is 5.32 Å². The van der Waals surface area contributed by atoms with Gasteiger partial charge in [-0.05, 0) is 18.2 Å².